The van der Waals surface area contributed by atoms with Gasteiger partial charge in [0.1, 0.15) is 11.6 Å². The third kappa shape index (κ3) is 2.97. The third-order valence-electron chi connectivity index (χ3n) is 3.41. The Labute approximate surface area is 123 Å². The molecule has 0 radical (unpaired) electrons. The van der Waals surface area contributed by atoms with E-state index in [0.717, 1.165) is 41.0 Å². The first kappa shape index (κ1) is 13.4. The van der Waals surface area contributed by atoms with Crippen LogP contribution in [0.3, 0.4) is 0 Å². The lowest BCUT2D eigenvalue weighted by Crippen LogP contribution is -2.07. The Morgan fingerprint density at radius 1 is 1.24 bits per heavy atom. The first-order valence-electron chi connectivity index (χ1n) is 6.91. The van der Waals surface area contributed by atoms with Gasteiger partial charge in [-0.3, -0.25) is 4.68 Å². The fraction of sp³-hybridized carbons (Fsp3) is 0.250. The number of rotatable bonds is 5. The van der Waals surface area contributed by atoms with Gasteiger partial charge < -0.3 is 10.1 Å². The van der Waals surface area contributed by atoms with Crippen LogP contribution < -0.4 is 10.1 Å². The summed E-state index contributed by atoms with van der Waals surface area (Å²) in [5, 5.41) is 9.96. The highest BCUT2D eigenvalue weighted by molar-refractivity contribution is 5.92. The van der Waals surface area contributed by atoms with Gasteiger partial charge in [0, 0.05) is 37.8 Å². The molecule has 5 nitrogen and oxygen atoms in total. The molecule has 1 N–H and O–H groups in total. The van der Waals surface area contributed by atoms with E-state index in [-0.39, 0.29) is 0 Å². The molecule has 5 heteroatoms. The average molecular weight is 282 g/mol. The lowest BCUT2D eigenvalue weighted by molar-refractivity contribution is 0.415. The van der Waals surface area contributed by atoms with Crippen molar-refractivity contribution in [2.75, 3.05) is 19.0 Å². The Bertz CT molecular complexity index is 751. The number of hydrogen-bond acceptors (Lipinski definition) is 4. The van der Waals surface area contributed by atoms with Crippen LogP contribution >= 0.6 is 0 Å². The number of benzene rings is 1. The minimum absolute atomic E-state index is 0.801. The zero-order chi connectivity index (χ0) is 14.7. The van der Waals surface area contributed by atoms with Crippen LogP contribution in [0.1, 0.15) is 5.69 Å². The molecule has 0 unspecified atom stereocenters. The predicted octanol–water partition coefficient (Wildman–Crippen LogP) is 2.63. The zero-order valence-electron chi connectivity index (χ0n) is 12.2. The van der Waals surface area contributed by atoms with Crippen LogP contribution in [-0.2, 0) is 13.5 Å². The number of nitrogens with one attached hydrogen (secondary N) is 1. The summed E-state index contributed by atoms with van der Waals surface area (Å²) in [6, 6.07) is 10.0. The molecule has 1 aromatic carbocycles. The average Bonchev–Trinajstić information content (AvgIpc) is 2.92. The molecule has 0 saturated heterocycles. The molecule has 108 valence electrons. The standard InChI is InChI=1S/C16H18N4O/c1-20-10-7-13(19-20)6-9-18-16-15-4-3-14(21-2)11-12(15)5-8-17-16/h3-5,7-8,10-11H,6,9H2,1-2H3,(H,17,18). The van der Waals surface area contributed by atoms with Crippen LogP contribution in [0, 0.1) is 0 Å². The van der Waals surface area contributed by atoms with E-state index >= 15 is 0 Å². The maximum absolute atomic E-state index is 5.25. The molecule has 21 heavy (non-hydrogen) atoms. The van der Waals surface area contributed by atoms with Crippen LogP contribution in [0.25, 0.3) is 10.8 Å². The first-order valence-corrected chi connectivity index (χ1v) is 6.91. The van der Waals surface area contributed by atoms with Gasteiger partial charge in [-0.1, -0.05) is 0 Å². The summed E-state index contributed by atoms with van der Waals surface area (Å²) in [5.41, 5.74) is 1.08. The first-order chi connectivity index (χ1) is 10.3. The Hall–Kier alpha value is -2.56. The SMILES string of the molecule is COc1ccc2c(NCCc3ccn(C)n3)nccc2c1. The Balaban J connectivity index is 1.74. The van der Waals surface area contributed by atoms with Gasteiger partial charge in [-0.15, -0.1) is 0 Å². The second-order valence-electron chi connectivity index (χ2n) is 4.90. The Kier molecular flexibility index (Phi) is 3.73. The van der Waals surface area contributed by atoms with Crippen molar-refractivity contribution < 1.29 is 4.74 Å². The van der Waals surface area contributed by atoms with Gasteiger partial charge >= 0.3 is 0 Å². The zero-order valence-corrected chi connectivity index (χ0v) is 12.2. The highest BCUT2D eigenvalue weighted by atomic mass is 16.5. The fourth-order valence-corrected chi connectivity index (χ4v) is 2.33. The molecular weight excluding hydrogens is 264 g/mol. The van der Waals surface area contributed by atoms with Crippen LogP contribution in [0.5, 0.6) is 5.75 Å². The Morgan fingerprint density at radius 2 is 2.14 bits per heavy atom. The van der Waals surface area contributed by atoms with E-state index in [2.05, 4.69) is 15.4 Å². The van der Waals surface area contributed by atoms with Gasteiger partial charge in [0.25, 0.3) is 0 Å². The molecule has 2 aromatic heterocycles. The van der Waals surface area contributed by atoms with Crippen molar-refractivity contribution >= 4 is 16.6 Å². The topological polar surface area (TPSA) is 52.0 Å². The number of hydrogen-bond donors (Lipinski definition) is 1. The molecule has 3 rings (SSSR count). The van der Waals surface area contributed by atoms with Gasteiger partial charge in [0.15, 0.2) is 0 Å². The second kappa shape index (κ2) is 5.83. The number of aromatic nitrogens is 3. The third-order valence-corrected chi connectivity index (χ3v) is 3.41. The van der Waals surface area contributed by atoms with Crippen molar-refractivity contribution in [3.05, 3.63) is 48.4 Å². The van der Waals surface area contributed by atoms with E-state index in [0.29, 0.717) is 0 Å². The minimum Gasteiger partial charge on any atom is -0.497 e. The molecule has 2 heterocycles. The number of nitrogens with zero attached hydrogens (tertiary/aromatic N) is 3. The molecule has 3 aromatic rings. The summed E-state index contributed by atoms with van der Waals surface area (Å²) < 4.78 is 7.07. The van der Waals surface area contributed by atoms with Gasteiger partial charge in [0.2, 0.25) is 0 Å². The number of fused-ring (bicyclic) bond motifs is 1. The number of pyridine rings is 1. The highest BCUT2D eigenvalue weighted by Gasteiger charge is 2.04. The van der Waals surface area contributed by atoms with Crippen LogP contribution in [-0.4, -0.2) is 28.4 Å². The molecule has 0 aliphatic rings. The molecule has 0 saturated carbocycles. The molecule has 0 aliphatic heterocycles. The summed E-state index contributed by atoms with van der Waals surface area (Å²) in [6.07, 6.45) is 4.64. The van der Waals surface area contributed by atoms with E-state index in [1.165, 1.54) is 0 Å². The predicted molar refractivity (Wildman–Crippen MR) is 83.7 cm³/mol. The van der Waals surface area contributed by atoms with Gasteiger partial charge in [-0.25, -0.2) is 4.98 Å². The molecule has 0 aliphatic carbocycles. The highest BCUT2D eigenvalue weighted by Crippen LogP contribution is 2.25. The molecule has 0 amide bonds. The summed E-state index contributed by atoms with van der Waals surface area (Å²) in [5.74, 6) is 1.75. The van der Waals surface area contributed by atoms with E-state index in [1.807, 2.05) is 54.5 Å². The summed E-state index contributed by atoms with van der Waals surface area (Å²) in [7, 11) is 3.60. The quantitative estimate of drug-likeness (QED) is 0.781. The molecule has 0 atom stereocenters. The van der Waals surface area contributed by atoms with E-state index in [4.69, 9.17) is 4.74 Å². The Morgan fingerprint density at radius 3 is 2.90 bits per heavy atom. The number of ether oxygens (including phenoxy) is 1. The summed E-state index contributed by atoms with van der Waals surface area (Å²) in [4.78, 5) is 4.42. The fourth-order valence-electron chi connectivity index (χ4n) is 2.33. The van der Waals surface area contributed by atoms with Crippen molar-refractivity contribution in [1.82, 2.24) is 14.8 Å². The van der Waals surface area contributed by atoms with Gasteiger partial charge in [0.05, 0.1) is 12.8 Å². The lowest BCUT2D eigenvalue weighted by atomic mass is 10.1. The minimum atomic E-state index is 0.801. The largest absolute Gasteiger partial charge is 0.497 e. The summed E-state index contributed by atoms with van der Waals surface area (Å²) in [6.45, 7) is 0.801. The van der Waals surface area contributed by atoms with Crippen molar-refractivity contribution in [3.8, 4) is 5.75 Å². The molecule has 0 spiro atoms. The normalized spacial score (nSPS) is 10.8. The van der Waals surface area contributed by atoms with Crippen LogP contribution in [0.15, 0.2) is 42.7 Å². The molecule has 0 bridgehead atoms. The van der Waals surface area contributed by atoms with Crippen molar-refractivity contribution in [3.63, 3.8) is 0 Å². The number of anilines is 1. The van der Waals surface area contributed by atoms with E-state index < -0.39 is 0 Å². The number of aryl methyl sites for hydroxylation is 1. The van der Waals surface area contributed by atoms with Crippen LogP contribution in [0.4, 0.5) is 5.82 Å². The maximum atomic E-state index is 5.25. The van der Waals surface area contributed by atoms with Gasteiger partial charge in [-0.05, 0) is 35.7 Å². The van der Waals surface area contributed by atoms with E-state index in [1.54, 1.807) is 7.11 Å². The van der Waals surface area contributed by atoms with Gasteiger partial charge in [-0.2, -0.15) is 5.10 Å². The smallest absolute Gasteiger partial charge is 0.133 e. The van der Waals surface area contributed by atoms with E-state index in [9.17, 15) is 0 Å². The monoisotopic (exact) mass is 282 g/mol. The van der Waals surface area contributed by atoms with Crippen molar-refractivity contribution in [2.24, 2.45) is 7.05 Å². The molecular formula is C16H18N4O. The maximum Gasteiger partial charge on any atom is 0.133 e. The van der Waals surface area contributed by atoms with Crippen LogP contribution in [0.2, 0.25) is 0 Å². The second-order valence-corrected chi connectivity index (χ2v) is 4.90. The van der Waals surface area contributed by atoms with Crippen molar-refractivity contribution in [2.45, 2.75) is 6.42 Å². The van der Waals surface area contributed by atoms with Crippen molar-refractivity contribution in [1.29, 1.82) is 0 Å². The lowest BCUT2D eigenvalue weighted by Gasteiger charge is -2.09. The summed E-state index contributed by atoms with van der Waals surface area (Å²) >= 11 is 0. The number of methoxy groups -OCH3 is 1. The molecule has 0 fully saturated rings.